The fraction of sp³-hybridized carbons (Fsp3) is 0.571. The standard InChI is InChI=1S/C21H33N3O4/c1-14(2)27-16-11-18-17(20(12-16)28-15(3)4)13-19(24(18)23(7)8)21(25)26-10-9-22(5)6/h11-15H,9-10H2,1-8H3. The van der Waals surface area contributed by atoms with Crippen LogP contribution >= 0.6 is 0 Å². The van der Waals surface area contributed by atoms with Crippen molar-refractivity contribution in [3.05, 3.63) is 23.9 Å². The highest BCUT2D eigenvalue weighted by atomic mass is 16.5. The molecule has 2 aromatic rings. The van der Waals surface area contributed by atoms with Crippen LogP contribution in [-0.4, -0.2) is 69.1 Å². The van der Waals surface area contributed by atoms with Gasteiger partial charge in [-0.1, -0.05) is 0 Å². The summed E-state index contributed by atoms with van der Waals surface area (Å²) >= 11 is 0. The van der Waals surface area contributed by atoms with Crippen molar-refractivity contribution in [1.29, 1.82) is 0 Å². The van der Waals surface area contributed by atoms with E-state index >= 15 is 0 Å². The van der Waals surface area contributed by atoms with E-state index in [4.69, 9.17) is 14.2 Å². The number of ether oxygens (including phenoxy) is 3. The molecule has 0 aliphatic heterocycles. The van der Waals surface area contributed by atoms with Crippen molar-refractivity contribution in [2.24, 2.45) is 0 Å². The molecule has 0 atom stereocenters. The second-order valence-corrected chi connectivity index (χ2v) is 7.82. The average Bonchev–Trinajstić information content (AvgIpc) is 2.93. The summed E-state index contributed by atoms with van der Waals surface area (Å²) in [6.45, 7) is 8.90. The van der Waals surface area contributed by atoms with E-state index in [-0.39, 0.29) is 18.2 Å². The third-order valence-electron chi connectivity index (χ3n) is 3.95. The summed E-state index contributed by atoms with van der Waals surface area (Å²) in [7, 11) is 7.65. The lowest BCUT2D eigenvalue weighted by Gasteiger charge is -2.20. The second kappa shape index (κ2) is 9.19. The molecule has 0 fully saturated rings. The van der Waals surface area contributed by atoms with Gasteiger partial charge in [0.25, 0.3) is 0 Å². The Morgan fingerprint density at radius 1 is 1.00 bits per heavy atom. The molecule has 7 nitrogen and oxygen atoms in total. The zero-order valence-electron chi connectivity index (χ0n) is 18.3. The Morgan fingerprint density at radius 2 is 1.64 bits per heavy atom. The highest BCUT2D eigenvalue weighted by molar-refractivity contribution is 5.98. The van der Waals surface area contributed by atoms with E-state index in [0.717, 1.165) is 10.9 Å². The van der Waals surface area contributed by atoms with Gasteiger partial charge in [-0.3, -0.25) is 4.68 Å². The summed E-state index contributed by atoms with van der Waals surface area (Å²) in [4.78, 5) is 14.7. The predicted molar refractivity (Wildman–Crippen MR) is 112 cm³/mol. The van der Waals surface area contributed by atoms with Crippen LogP contribution in [0.15, 0.2) is 18.2 Å². The maximum Gasteiger partial charge on any atom is 0.356 e. The number of carbonyl (C=O) groups is 1. The Hall–Kier alpha value is -2.41. The molecule has 7 heteroatoms. The fourth-order valence-electron chi connectivity index (χ4n) is 2.90. The summed E-state index contributed by atoms with van der Waals surface area (Å²) in [5, 5.41) is 2.70. The van der Waals surface area contributed by atoms with Crippen LogP contribution in [-0.2, 0) is 4.74 Å². The molecule has 28 heavy (non-hydrogen) atoms. The van der Waals surface area contributed by atoms with Gasteiger partial charge < -0.3 is 24.1 Å². The molecule has 0 amide bonds. The first-order valence-corrected chi connectivity index (χ1v) is 9.62. The van der Waals surface area contributed by atoms with Crippen LogP contribution in [0.3, 0.4) is 0 Å². The Bertz CT molecular complexity index is 810. The van der Waals surface area contributed by atoms with Crippen molar-refractivity contribution in [1.82, 2.24) is 9.58 Å². The largest absolute Gasteiger partial charge is 0.491 e. The molecule has 0 radical (unpaired) electrons. The number of hydrogen-bond acceptors (Lipinski definition) is 6. The summed E-state index contributed by atoms with van der Waals surface area (Å²) in [5.74, 6) is 1.02. The molecule has 1 aromatic heterocycles. The molecule has 0 saturated carbocycles. The maximum absolute atomic E-state index is 12.8. The summed E-state index contributed by atoms with van der Waals surface area (Å²) in [6.07, 6.45) is 0.0262. The molecule has 0 unspecified atom stereocenters. The van der Waals surface area contributed by atoms with E-state index in [1.807, 2.05) is 88.7 Å². The smallest absolute Gasteiger partial charge is 0.356 e. The molecular formula is C21H33N3O4. The molecular weight excluding hydrogens is 358 g/mol. The van der Waals surface area contributed by atoms with E-state index in [1.165, 1.54) is 0 Å². The molecule has 0 N–H and O–H groups in total. The zero-order valence-corrected chi connectivity index (χ0v) is 18.3. The van der Waals surface area contributed by atoms with Gasteiger partial charge in [-0.25, -0.2) is 4.79 Å². The number of rotatable bonds is 9. The topological polar surface area (TPSA) is 56.2 Å². The average molecular weight is 392 g/mol. The first-order chi connectivity index (χ1) is 13.1. The predicted octanol–water partition coefficient (Wildman–Crippen LogP) is 3.13. The lowest BCUT2D eigenvalue weighted by Crippen LogP contribution is -2.29. The first kappa shape index (κ1) is 21.9. The number of likely N-dealkylation sites (N-methyl/N-ethyl adjacent to an activating group) is 1. The number of fused-ring (bicyclic) bond motifs is 1. The van der Waals surface area contributed by atoms with Gasteiger partial charge in [0, 0.05) is 38.2 Å². The van der Waals surface area contributed by atoms with Crippen LogP contribution in [0.4, 0.5) is 0 Å². The van der Waals surface area contributed by atoms with Crippen LogP contribution in [0.5, 0.6) is 11.5 Å². The van der Waals surface area contributed by atoms with Crippen LogP contribution in [0.2, 0.25) is 0 Å². The lowest BCUT2D eigenvalue weighted by atomic mass is 10.2. The van der Waals surface area contributed by atoms with Gasteiger partial charge in [0.05, 0.1) is 17.7 Å². The number of benzene rings is 1. The van der Waals surface area contributed by atoms with Gasteiger partial charge in [0.15, 0.2) is 0 Å². The molecule has 0 spiro atoms. The van der Waals surface area contributed by atoms with E-state index < -0.39 is 0 Å². The van der Waals surface area contributed by atoms with Gasteiger partial charge >= 0.3 is 5.97 Å². The maximum atomic E-state index is 12.8. The second-order valence-electron chi connectivity index (χ2n) is 7.82. The summed E-state index contributed by atoms with van der Waals surface area (Å²) in [6, 6.07) is 5.63. The minimum Gasteiger partial charge on any atom is -0.491 e. The summed E-state index contributed by atoms with van der Waals surface area (Å²) < 4.78 is 19.2. The van der Waals surface area contributed by atoms with Crippen LogP contribution < -0.4 is 14.5 Å². The number of hydrogen-bond donors (Lipinski definition) is 0. The van der Waals surface area contributed by atoms with Crippen LogP contribution in [0.1, 0.15) is 38.2 Å². The van der Waals surface area contributed by atoms with E-state index in [1.54, 1.807) is 0 Å². The first-order valence-electron chi connectivity index (χ1n) is 9.62. The molecule has 2 rings (SSSR count). The lowest BCUT2D eigenvalue weighted by molar-refractivity contribution is 0.0470. The van der Waals surface area contributed by atoms with Gasteiger partial charge in [-0.15, -0.1) is 0 Å². The van der Waals surface area contributed by atoms with Crippen LogP contribution in [0.25, 0.3) is 10.9 Å². The summed E-state index contributed by atoms with van der Waals surface area (Å²) in [5.41, 5.74) is 1.28. The van der Waals surface area contributed by atoms with E-state index in [2.05, 4.69) is 0 Å². The highest BCUT2D eigenvalue weighted by Crippen LogP contribution is 2.35. The van der Waals surface area contributed by atoms with Gasteiger partial charge in [0.1, 0.15) is 23.8 Å². The minimum absolute atomic E-state index is 0.00398. The molecule has 0 bridgehead atoms. The third-order valence-corrected chi connectivity index (χ3v) is 3.95. The molecule has 1 aromatic carbocycles. The van der Waals surface area contributed by atoms with Gasteiger partial charge in [0.2, 0.25) is 0 Å². The SMILES string of the molecule is CC(C)Oc1cc(OC(C)C)c2cc(C(=O)OCCN(C)C)n(N(C)C)c2c1. The highest BCUT2D eigenvalue weighted by Gasteiger charge is 2.22. The number of aromatic nitrogens is 1. The van der Waals surface area contributed by atoms with Crippen molar-refractivity contribution in [2.45, 2.75) is 39.9 Å². The molecule has 0 aliphatic carbocycles. The third kappa shape index (κ3) is 5.32. The van der Waals surface area contributed by atoms with Crippen molar-refractivity contribution in [3.63, 3.8) is 0 Å². The minimum atomic E-state index is -0.367. The fourth-order valence-corrected chi connectivity index (χ4v) is 2.90. The number of carbonyl (C=O) groups excluding carboxylic acids is 1. The van der Waals surface area contributed by atoms with Gasteiger partial charge in [-0.2, -0.15) is 0 Å². The number of nitrogens with zero attached hydrogens (tertiary/aromatic N) is 3. The monoisotopic (exact) mass is 391 g/mol. The Morgan fingerprint density at radius 3 is 2.18 bits per heavy atom. The van der Waals surface area contributed by atoms with E-state index in [0.29, 0.717) is 30.3 Å². The van der Waals surface area contributed by atoms with Crippen molar-refractivity contribution in [2.75, 3.05) is 46.4 Å². The Labute approximate surface area is 167 Å². The van der Waals surface area contributed by atoms with Crippen molar-refractivity contribution < 1.29 is 19.0 Å². The van der Waals surface area contributed by atoms with Crippen molar-refractivity contribution in [3.8, 4) is 11.5 Å². The number of esters is 1. The van der Waals surface area contributed by atoms with Crippen molar-refractivity contribution >= 4 is 16.9 Å². The Kier molecular flexibility index (Phi) is 7.18. The normalized spacial score (nSPS) is 11.5. The van der Waals surface area contributed by atoms with E-state index in [9.17, 15) is 4.79 Å². The molecule has 156 valence electrons. The quantitative estimate of drug-likeness (QED) is 0.612. The molecule has 0 saturated heterocycles. The molecule has 0 aliphatic rings. The Balaban J connectivity index is 2.55. The zero-order chi connectivity index (χ0) is 21.0. The van der Waals surface area contributed by atoms with Crippen LogP contribution in [0, 0.1) is 0 Å². The van der Waals surface area contributed by atoms with Gasteiger partial charge in [-0.05, 0) is 47.9 Å². The molecule has 1 heterocycles.